The number of carbonyl (C=O) groups is 2. The highest BCUT2D eigenvalue weighted by atomic mass is 16.6. The lowest BCUT2D eigenvalue weighted by molar-refractivity contribution is -0.163. The smallest absolute Gasteiger partial charge is 0.306 e. The molecule has 0 aliphatic heterocycles. The summed E-state index contributed by atoms with van der Waals surface area (Å²) in [5.41, 5.74) is 0. The number of carbonyl (C=O) groups excluding carboxylic acids is 2. The van der Waals surface area contributed by atoms with Crippen LogP contribution in [0.5, 0.6) is 0 Å². The first-order valence-corrected chi connectivity index (χ1v) is 32.2. The molecular weight excluding hydrogens is 885 g/mol. The van der Waals surface area contributed by atoms with Crippen molar-refractivity contribution in [2.45, 2.75) is 348 Å². The summed E-state index contributed by atoms with van der Waals surface area (Å²) in [6.45, 7) is 7.77. The third kappa shape index (κ3) is 60.4. The van der Waals surface area contributed by atoms with Crippen LogP contribution in [-0.2, 0) is 23.8 Å². The molecule has 422 valence electrons. The van der Waals surface area contributed by atoms with Gasteiger partial charge in [-0.1, -0.05) is 320 Å². The lowest BCUT2D eigenvalue weighted by Crippen LogP contribution is -2.30. The highest BCUT2D eigenvalue weighted by Crippen LogP contribution is 2.18. The molecule has 5 nitrogen and oxygen atoms in total. The van der Waals surface area contributed by atoms with Crippen LogP contribution in [0.25, 0.3) is 0 Å². The average Bonchev–Trinajstić information content (AvgIpc) is 3.38. The summed E-state index contributed by atoms with van der Waals surface area (Å²) in [5, 5.41) is 0. The number of ether oxygens (including phenoxy) is 3. The lowest BCUT2D eigenvalue weighted by atomic mass is 10.0. The zero-order valence-electron chi connectivity index (χ0n) is 48.7. The van der Waals surface area contributed by atoms with Crippen molar-refractivity contribution < 1.29 is 23.8 Å². The Morgan fingerprint density at radius 1 is 0.319 bits per heavy atom. The topological polar surface area (TPSA) is 61.8 Å². The van der Waals surface area contributed by atoms with Gasteiger partial charge >= 0.3 is 11.9 Å². The zero-order valence-corrected chi connectivity index (χ0v) is 48.7. The van der Waals surface area contributed by atoms with E-state index in [1.807, 2.05) is 0 Å². The summed E-state index contributed by atoms with van der Waals surface area (Å²) >= 11 is 0. The second kappa shape index (κ2) is 63.2. The predicted molar refractivity (Wildman–Crippen MR) is 316 cm³/mol. The van der Waals surface area contributed by atoms with E-state index in [9.17, 15) is 9.59 Å². The summed E-state index contributed by atoms with van der Waals surface area (Å²) in [6.07, 6.45) is 80.1. The maximum absolute atomic E-state index is 12.9. The van der Waals surface area contributed by atoms with E-state index in [-0.39, 0.29) is 25.2 Å². The van der Waals surface area contributed by atoms with E-state index >= 15 is 0 Å². The molecule has 0 aromatic rings. The summed E-state index contributed by atoms with van der Waals surface area (Å²) in [4.78, 5) is 25.6. The van der Waals surface area contributed by atoms with E-state index < -0.39 is 6.10 Å². The van der Waals surface area contributed by atoms with Crippen molar-refractivity contribution in [3.05, 3.63) is 48.6 Å². The van der Waals surface area contributed by atoms with Gasteiger partial charge in [-0.25, -0.2) is 0 Å². The molecule has 0 saturated heterocycles. The molecule has 0 aliphatic carbocycles. The summed E-state index contributed by atoms with van der Waals surface area (Å²) < 4.78 is 17.6. The Kier molecular flexibility index (Phi) is 61.3. The van der Waals surface area contributed by atoms with Crippen molar-refractivity contribution in [2.24, 2.45) is 0 Å². The van der Waals surface area contributed by atoms with Crippen molar-refractivity contribution in [1.29, 1.82) is 0 Å². The van der Waals surface area contributed by atoms with E-state index in [2.05, 4.69) is 69.4 Å². The van der Waals surface area contributed by atoms with E-state index in [1.54, 1.807) is 0 Å². The van der Waals surface area contributed by atoms with Gasteiger partial charge < -0.3 is 14.2 Å². The largest absolute Gasteiger partial charge is 0.462 e. The van der Waals surface area contributed by atoms with Crippen LogP contribution in [0, 0.1) is 0 Å². The molecule has 0 aromatic carbocycles. The van der Waals surface area contributed by atoms with E-state index in [0.717, 1.165) is 64.2 Å². The van der Waals surface area contributed by atoms with Gasteiger partial charge in [0.15, 0.2) is 6.10 Å². The SMILES string of the molecule is CC/C=C\C/C=C\C/C=C\C/C=C\CCCCCCCCCOCC(COC(=O)CCCCCCCCCCCCCCCCCCCCC)OC(=O)CCCCCCCCCCCCCCCCCCC. The first kappa shape index (κ1) is 69.9. The molecule has 0 heterocycles. The molecule has 0 spiro atoms. The maximum atomic E-state index is 12.9. The van der Waals surface area contributed by atoms with Crippen LogP contribution < -0.4 is 0 Å². The standard InChI is InChI=1S/C67H124O5/c1-4-7-10-13-16-19-22-25-28-31-33-35-38-41-44-47-50-53-56-59-62-70-63-65(72-67(69)61-58-55-52-49-46-43-40-36-30-27-24-21-18-15-12-9-6-3)64-71-66(68)60-57-54-51-48-45-42-39-37-34-32-29-26-23-20-17-14-11-8-5-2/h7,10,16,19,25,28,33,35,65H,4-6,8-9,11-15,17-18,20-24,26-27,29-32,34,36-64H2,1-3H3/b10-7-,19-16-,28-25-,35-33-. The normalized spacial score (nSPS) is 12.4. The Labute approximate surface area is 450 Å². The number of allylic oxidation sites excluding steroid dienone is 8. The number of esters is 2. The molecule has 1 unspecified atom stereocenters. The first-order chi connectivity index (χ1) is 35.6. The Hall–Kier alpha value is -2.14. The van der Waals surface area contributed by atoms with Crippen LogP contribution >= 0.6 is 0 Å². The minimum atomic E-state index is -0.539. The third-order valence-electron chi connectivity index (χ3n) is 14.4. The number of rotatable bonds is 60. The summed E-state index contributed by atoms with van der Waals surface area (Å²) in [6, 6.07) is 0. The highest BCUT2D eigenvalue weighted by molar-refractivity contribution is 5.70. The fraction of sp³-hybridized carbons (Fsp3) is 0.851. The Morgan fingerprint density at radius 2 is 0.625 bits per heavy atom. The number of hydrogen-bond acceptors (Lipinski definition) is 5. The van der Waals surface area contributed by atoms with Gasteiger partial charge in [-0.2, -0.15) is 0 Å². The van der Waals surface area contributed by atoms with Gasteiger partial charge in [0.2, 0.25) is 0 Å². The van der Waals surface area contributed by atoms with Crippen LogP contribution in [0.1, 0.15) is 342 Å². The van der Waals surface area contributed by atoms with Crippen LogP contribution in [0.4, 0.5) is 0 Å². The molecule has 0 rings (SSSR count). The minimum Gasteiger partial charge on any atom is -0.462 e. The minimum absolute atomic E-state index is 0.0870. The molecule has 0 fully saturated rings. The quantitative estimate of drug-likeness (QED) is 0.0345. The van der Waals surface area contributed by atoms with Gasteiger partial charge in [-0.15, -0.1) is 0 Å². The molecular formula is C67H124O5. The second-order valence-electron chi connectivity index (χ2n) is 21.7. The molecule has 5 heteroatoms. The van der Waals surface area contributed by atoms with Crippen molar-refractivity contribution in [3.63, 3.8) is 0 Å². The molecule has 0 radical (unpaired) electrons. The maximum Gasteiger partial charge on any atom is 0.306 e. The van der Waals surface area contributed by atoms with E-state index in [1.165, 1.54) is 244 Å². The zero-order chi connectivity index (χ0) is 52.0. The van der Waals surface area contributed by atoms with Crippen molar-refractivity contribution in [2.75, 3.05) is 19.8 Å². The Balaban J connectivity index is 4.25. The Bertz CT molecular complexity index is 1190. The van der Waals surface area contributed by atoms with Gasteiger partial charge in [0.1, 0.15) is 6.61 Å². The van der Waals surface area contributed by atoms with E-state index in [4.69, 9.17) is 14.2 Å². The van der Waals surface area contributed by atoms with Gasteiger partial charge in [0.25, 0.3) is 0 Å². The average molecular weight is 1010 g/mol. The monoisotopic (exact) mass is 1010 g/mol. The van der Waals surface area contributed by atoms with Crippen LogP contribution in [0.3, 0.4) is 0 Å². The fourth-order valence-electron chi connectivity index (χ4n) is 9.62. The molecule has 0 amide bonds. The molecule has 0 bridgehead atoms. The Morgan fingerprint density at radius 3 is 1.00 bits per heavy atom. The molecule has 72 heavy (non-hydrogen) atoms. The van der Waals surface area contributed by atoms with Crippen molar-refractivity contribution in [1.82, 2.24) is 0 Å². The number of hydrogen-bond donors (Lipinski definition) is 0. The van der Waals surface area contributed by atoms with Gasteiger partial charge in [0, 0.05) is 19.4 Å². The van der Waals surface area contributed by atoms with Crippen LogP contribution in [-0.4, -0.2) is 37.9 Å². The molecule has 1 atom stereocenters. The van der Waals surface area contributed by atoms with Gasteiger partial charge in [-0.3, -0.25) is 9.59 Å². The molecule has 0 N–H and O–H groups in total. The molecule has 0 aromatic heterocycles. The second-order valence-corrected chi connectivity index (χ2v) is 21.7. The van der Waals surface area contributed by atoms with Gasteiger partial charge in [0.05, 0.1) is 6.61 Å². The summed E-state index contributed by atoms with van der Waals surface area (Å²) in [7, 11) is 0. The molecule has 0 saturated carbocycles. The van der Waals surface area contributed by atoms with E-state index in [0.29, 0.717) is 19.4 Å². The number of unbranched alkanes of at least 4 members (excludes halogenated alkanes) is 41. The summed E-state index contributed by atoms with van der Waals surface area (Å²) in [5.74, 6) is -0.379. The lowest BCUT2D eigenvalue weighted by Gasteiger charge is -2.18. The highest BCUT2D eigenvalue weighted by Gasteiger charge is 2.18. The van der Waals surface area contributed by atoms with Crippen molar-refractivity contribution in [3.8, 4) is 0 Å². The van der Waals surface area contributed by atoms with Crippen molar-refractivity contribution >= 4 is 11.9 Å². The first-order valence-electron chi connectivity index (χ1n) is 32.2. The van der Waals surface area contributed by atoms with Gasteiger partial charge in [-0.05, 0) is 57.8 Å². The predicted octanol–water partition coefficient (Wildman–Crippen LogP) is 22.2. The van der Waals surface area contributed by atoms with Crippen LogP contribution in [0.15, 0.2) is 48.6 Å². The fourth-order valence-corrected chi connectivity index (χ4v) is 9.62. The third-order valence-corrected chi connectivity index (χ3v) is 14.4. The van der Waals surface area contributed by atoms with Crippen LogP contribution in [0.2, 0.25) is 0 Å². The molecule has 0 aliphatic rings.